The van der Waals surface area contributed by atoms with E-state index in [4.69, 9.17) is 9.47 Å². The molecule has 1 N–H and O–H groups in total. The average molecular weight is 216 g/mol. The van der Waals surface area contributed by atoms with Crippen molar-refractivity contribution in [3.05, 3.63) is 0 Å². The second kappa shape index (κ2) is 7.20. The van der Waals surface area contributed by atoms with Crippen LogP contribution in [0, 0.1) is 5.92 Å². The summed E-state index contributed by atoms with van der Waals surface area (Å²) in [6.07, 6.45) is 5.64. The van der Waals surface area contributed by atoms with E-state index in [1.807, 2.05) is 6.92 Å². The number of hydrogen-bond acceptors (Lipinski definition) is 3. The van der Waals surface area contributed by atoms with E-state index in [9.17, 15) is 5.11 Å². The predicted molar refractivity (Wildman–Crippen MR) is 59.9 cm³/mol. The maximum atomic E-state index is 9.80. The van der Waals surface area contributed by atoms with Gasteiger partial charge in [0.15, 0.2) is 0 Å². The number of aliphatic hydroxyl groups is 1. The molecule has 3 unspecified atom stereocenters. The molecule has 0 amide bonds. The van der Waals surface area contributed by atoms with Crippen molar-refractivity contribution in [1.29, 1.82) is 0 Å². The molecule has 0 saturated carbocycles. The van der Waals surface area contributed by atoms with E-state index in [2.05, 4.69) is 0 Å². The van der Waals surface area contributed by atoms with Crippen LogP contribution in [0.4, 0.5) is 0 Å². The normalized spacial score (nSPS) is 25.4. The first-order valence-corrected chi connectivity index (χ1v) is 6.02. The molecule has 3 nitrogen and oxygen atoms in total. The minimum atomic E-state index is -0.230. The van der Waals surface area contributed by atoms with Gasteiger partial charge < -0.3 is 14.6 Å². The molecule has 1 aliphatic rings. The van der Waals surface area contributed by atoms with Crippen LogP contribution in [-0.4, -0.2) is 37.6 Å². The predicted octanol–water partition coefficient (Wildman–Crippen LogP) is 1.98. The van der Waals surface area contributed by atoms with Crippen LogP contribution < -0.4 is 0 Å². The van der Waals surface area contributed by atoms with Crippen LogP contribution in [0.25, 0.3) is 0 Å². The van der Waals surface area contributed by atoms with Gasteiger partial charge >= 0.3 is 0 Å². The topological polar surface area (TPSA) is 38.7 Å². The monoisotopic (exact) mass is 216 g/mol. The fourth-order valence-electron chi connectivity index (χ4n) is 2.09. The van der Waals surface area contributed by atoms with E-state index in [1.54, 1.807) is 7.11 Å². The molecule has 3 atom stereocenters. The van der Waals surface area contributed by atoms with Crippen LogP contribution in [0.15, 0.2) is 0 Å². The third kappa shape index (κ3) is 4.96. The summed E-state index contributed by atoms with van der Waals surface area (Å²) in [5, 5.41) is 9.80. The molecule has 1 aliphatic heterocycles. The fourth-order valence-corrected chi connectivity index (χ4v) is 2.09. The van der Waals surface area contributed by atoms with E-state index in [0.717, 1.165) is 25.9 Å². The molecule has 15 heavy (non-hydrogen) atoms. The Hall–Kier alpha value is -0.120. The second-order valence-electron chi connectivity index (χ2n) is 4.57. The van der Waals surface area contributed by atoms with Crippen molar-refractivity contribution in [1.82, 2.24) is 0 Å². The molecule has 1 fully saturated rings. The molecule has 1 rings (SSSR count). The van der Waals surface area contributed by atoms with Crippen molar-refractivity contribution in [2.45, 2.75) is 51.2 Å². The summed E-state index contributed by atoms with van der Waals surface area (Å²) >= 11 is 0. The molecular formula is C12H24O3. The summed E-state index contributed by atoms with van der Waals surface area (Å²) in [5.41, 5.74) is 0. The van der Waals surface area contributed by atoms with E-state index in [1.165, 1.54) is 12.8 Å². The summed E-state index contributed by atoms with van der Waals surface area (Å²) in [5.74, 6) is 0.236. The Morgan fingerprint density at radius 2 is 2.33 bits per heavy atom. The van der Waals surface area contributed by atoms with Crippen LogP contribution in [0.5, 0.6) is 0 Å². The van der Waals surface area contributed by atoms with Gasteiger partial charge in [0.05, 0.1) is 18.8 Å². The average Bonchev–Trinajstić information content (AvgIpc) is 2.71. The van der Waals surface area contributed by atoms with E-state index >= 15 is 0 Å². The molecule has 0 aromatic carbocycles. The molecule has 0 radical (unpaired) electrons. The second-order valence-corrected chi connectivity index (χ2v) is 4.57. The van der Waals surface area contributed by atoms with Gasteiger partial charge in [-0.05, 0) is 32.1 Å². The molecular weight excluding hydrogens is 192 g/mol. The van der Waals surface area contributed by atoms with Gasteiger partial charge in [0.1, 0.15) is 0 Å². The van der Waals surface area contributed by atoms with Crippen molar-refractivity contribution in [3.63, 3.8) is 0 Å². The Balaban J connectivity index is 2.02. The number of hydrogen-bond donors (Lipinski definition) is 1. The smallest absolute Gasteiger partial charge is 0.0587 e. The van der Waals surface area contributed by atoms with Gasteiger partial charge in [-0.1, -0.05) is 6.92 Å². The lowest BCUT2D eigenvalue weighted by Gasteiger charge is -2.18. The fraction of sp³-hybridized carbons (Fsp3) is 1.00. The van der Waals surface area contributed by atoms with Gasteiger partial charge in [0.25, 0.3) is 0 Å². The molecule has 0 aliphatic carbocycles. The lowest BCUT2D eigenvalue weighted by Crippen LogP contribution is -2.22. The zero-order valence-corrected chi connectivity index (χ0v) is 9.95. The summed E-state index contributed by atoms with van der Waals surface area (Å²) < 4.78 is 10.6. The molecule has 1 heterocycles. The highest BCUT2D eigenvalue weighted by Crippen LogP contribution is 2.19. The molecule has 1 saturated heterocycles. The Morgan fingerprint density at radius 1 is 1.53 bits per heavy atom. The Morgan fingerprint density at radius 3 is 2.93 bits per heavy atom. The largest absolute Gasteiger partial charge is 0.393 e. The zero-order chi connectivity index (χ0) is 11.1. The van der Waals surface area contributed by atoms with E-state index in [0.29, 0.717) is 12.7 Å². The van der Waals surface area contributed by atoms with E-state index in [-0.39, 0.29) is 12.0 Å². The number of aliphatic hydroxyl groups excluding tert-OH is 1. The summed E-state index contributed by atoms with van der Waals surface area (Å²) in [6.45, 7) is 3.59. The van der Waals surface area contributed by atoms with Crippen molar-refractivity contribution >= 4 is 0 Å². The lowest BCUT2D eigenvalue weighted by atomic mass is 9.99. The highest BCUT2D eigenvalue weighted by Gasteiger charge is 2.17. The van der Waals surface area contributed by atoms with E-state index < -0.39 is 0 Å². The molecule has 3 heteroatoms. The van der Waals surface area contributed by atoms with Gasteiger partial charge in [-0.25, -0.2) is 0 Å². The molecule has 0 aromatic heterocycles. The molecule has 0 aromatic rings. The number of methoxy groups -OCH3 is 1. The minimum absolute atomic E-state index is 0.230. The Labute approximate surface area is 92.8 Å². The maximum absolute atomic E-state index is 9.80. The highest BCUT2D eigenvalue weighted by atomic mass is 16.5. The number of ether oxygens (including phenoxy) is 2. The zero-order valence-electron chi connectivity index (χ0n) is 9.95. The van der Waals surface area contributed by atoms with Gasteiger partial charge in [-0.2, -0.15) is 0 Å². The van der Waals surface area contributed by atoms with Crippen molar-refractivity contribution in [2.75, 3.05) is 20.3 Å². The van der Waals surface area contributed by atoms with Gasteiger partial charge in [0, 0.05) is 19.6 Å². The van der Waals surface area contributed by atoms with Gasteiger partial charge in [-0.3, -0.25) is 0 Å². The first-order valence-electron chi connectivity index (χ1n) is 6.02. The standard InChI is InChI=1S/C12H24O3/c1-10(9-14-2)12(13)7-3-5-11-6-4-8-15-11/h10-13H,3-9H2,1-2H3. The third-order valence-corrected chi connectivity index (χ3v) is 3.14. The first-order chi connectivity index (χ1) is 7.24. The third-order valence-electron chi connectivity index (χ3n) is 3.14. The van der Waals surface area contributed by atoms with Crippen LogP contribution in [-0.2, 0) is 9.47 Å². The SMILES string of the molecule is COCC(C)C(O)CCCC1CCCO1. The Bertz CT molecular complexity index is 155. The van der Waals surface area contributed by atoms with Crippen LogP contribution in [0.3, 0.4) is 0 Å². The minimum Gasteiger partial charge on any atom is -0.393 e. The van der Waals surface area contributed by atoms with Crippen LogP contribution in [0.2, 0.25) is 0 Å². The summed E-state index contributed by atoms with van der Waals surface area (Å²) in [7, 11) is 1.68. The number of rotatable bonds is 7. The van der Waals surface area contributed by atoms with Crippen molar-refractivity contribution in [2.24, 2.45) is 5.92 Å². The van der Waals surface area contributed by atoms with Crippen LogP contribution >= 0.6 is 0 Å². The first kappa shape index (κ1) is 12.9. The van der Waals surface area contributed by atoms with Crippen molar-refractivity contribution < 1.29 is 14.6 Å². The molecule has 0 bridgehead atoms. The van der Waals surface area contributed by atoms with Crippen LogP contribution in [0.1, 0.15) is 39.0 Å². The van der Waals surface area contributed by atoms with Crippen molar-refractivity contribution in [3.8, 4) is 0 Å². The molecule has 90 valence electrons. The van der Waals surface area contributed by atoms with Gasteiger partial charge in [-0.15, -0.1) is 0 Å². The quantitative estimate of drug-likeness (QED) is 0.707. The summed E-state index contributed by atoms with van der Waals surface area (Å²) in [4.78, 5) is 0. The maximum Gasteiger partial charge on any atom is 0.0587 e. The van der Waals surface area contributed by atoms with Gasteiger partial charge in [0.2, 0.25) is 0 Å². The lowest BCUT2D eigenvalue weighted by molar-refractivity contribution is 0.0451. The Kier molecular flexibility index (Phi) is 6.22. The molecule has 0 spiro atoms. The highest BCUT2D eigenvalue weighted by molar-refractivity contribution is 4.68. The summed E-state index contributed by atoms with van der Waals surface area (Å²) in [6, 6.07) is 0.